The second-order valence-electron chi connectivity index (χ2n) is 7.27. The van der Waals surface area contributed by atoms with Crippen molar-refractivity contribution in [3.8, 4) is 11.5 Å². The molecule has 0 atom stereocenters. The Morgan fingerprint density at radius 1 is 0.964 bits per heavy atom. The molecule has 5 heteroatoms. The summed E-state index contributed by atoms with van der Waals surface area (Å²) in [7, 11) is 1.62. The Labute approximate surface area is 167 Å². The molecule has 150 valence electrons. The van der Waals surface area contributed by atoms with Gasteiger partial charge in [0.05, 0.1) is 7.11 Å². The fourth-order valence-electron chi connectivity index (χ4n) is 3.55. The summed E-state index contributed by atoms with van der Waals surface area (Å²) >= 11 is 0. The molecule has 1 aliphatic rings. The van der Waals surface area contributed by atoms with Crippen LogP contribution in [0.1, 0.15) is 43.2 Å². The van der Waals surface area contributed by atoms with E-state index in [0.717, 1.165) is 31.5 Å². The Balaban J connectivity index is 1.47. The zero-order valence-electron chi connectivity index (χ0n) is 16.6. The topological polar surface area (TPSA) is 59.6 Å². The molecule has 1 saturated carbocycles. The first-order chi connectivity index (χ1) is 13.7. The number of amides is 1. The van der Waals surface area contributed by atoms with Crippen molar-refractivity contribution in [2.75, 3.05) is 13.7 Å². The quantitative estimate of drug-likeness (QED) is 0.692. The number of carbonyl (C=O) groups excluding carboxylic acids is 1. The molecule has 5 nitrogen and oxygen atoms in total. The zero-order chi connectivity index (χ0) is 19.6. The van der Waals surface area contributed by atoms with Crippen LogP contribution in [0.4, 0.5) is 0 Å². The Morgan fingerprint density at radius 3 is 2.46 bits per heavy atom. The maximum absolute atomic E-state index is 12.1. The van der Waals surface area contributed by atoms with Crippen molar-refractivity contribution < 1.29 is 14.3 Å². The monoisotopic (exact) mass is 382 g/mol. The van der Waals surface area contributed by atoms with Crippen molar-refractivity contribution in [1.29, 1.82) is 0 Å². The highest BCUT2D eigenvalue weighted by Gasteiger charge is 2.16. The van der Waals surface area contributed by atoms with Gasteiger partial charge in [-0.2, -0.15) is 0 Å². The van der Waals surface area contributed by atoms with Gasteiger partial charge >= 0.3 is 0 Å². The van der Waals surface area contributed by atoms with Gasteiger partial charge < -0.3 is 20.1 Å². The van der Waals surface area contributed by atoms with Crippen molar-refractivity contribution in [2.24, 2.45) is 0 Å². The van der Waals surface area contributed by atoms with E-state index < -0.39 is 0 Å². The van der Waals surface area contributed by atoms with Crippen molar-refractivity contribution in [3.63, 3.8) is 0 Å². The third kappa shape index (κ3) is 6.27. The normalized spacial score (nSPS) is 14.5. The first-order valence-electron chi connectivity index (χ1n) is 10.1. The Bertz CT molecular complexity index is 743. The van der Waals surface area contributed by atoms with Gasteiger partial charge in [0, 0.05) is 19.1 Å². The number of hydrogen-bond acceptors (Lipinski definition) is 4. The molecule has 0 aromatic heterocycles. The van der Waals surface area contributed by atoms with E-state index in [4.69, 9.17) is 9.47 Å². The van der Waals surface area contributed by atoms with Crippen LogP contribution < -0.4 is 20.1 Å². The van der Waals surface area contributed by atoms with E-state index in [1.54, 1.807) is 7.11 Å². The van der Waals surface area contributed by atoms with Gasteiger partial charge in [0.25, 0.3) is 5.91 Å². The molecule has 0 bridgehead atoms. The molecule has 28 heavy (non-hydrogen) atoms. The van der Waals surface area contributed by atoms with Crippen LogP contribution in [0.25, 0.3) is 0 Å². The maximum atomic E-state index is 12.1. The molecule has 2 aromatic carbocycles. The van der Waals surface area contributed by atoms with Gasteiger partial charge in [-0.1, -0.05) is 55.7 Å². The summed E-state index contributed by atoms with van der Waals surface area (Å²) in [5.41, 5.74) is 2.35. The van der Waals surface area contributed by atoms with Gasteiger partial charge in [-0.3, -0.25) is 4.79 Å². The third-order valence-electron chi connectivity index (χ3n) is 5.06. The molecule has 0 radical (unpaired) electrons. The molecule has 1 amide bonds. The molecule has 2 N–H and O–H groups in total. The number of rotatable bonds is 9. The lowest BCUT2D eigenvalue weighted by molar-refractivity contribution is -0.124. The lowest BCUT2D eigenvalue weighted by Crippen LogP contribution is -2.39. The summed E-state index contributed by atoms with van der Waals surface area (Å²) in [5, 5.41) is 6.49. The predicted molar refractivity (Wildman–Crippen MR) is 110 cm³/mol. The summed E-state index contributed by atoms with van der Waals surface area (Å²) in [4.78, 5) is 12.1. The minimum absolute atomic E-state index is 0.0124. The second kappa shape index (κ2) is 10.7. The van der Waals surface area contributed by atoms with Gasteiger partial charge in [0.1, 0.15) is 0 Å². The molecular weight excluding hydrogens is 352 g/mol. The van der Waals surface area contributed by atoms with Gasteiger partial charge in [0.2, 0.25) is 0 Å². The average Bonchev–Trinajstić information content (AvgIpc) is 2.74. The second-order valence-corrected chi connectivity index (χ2v) is 7.27. The lowest BCUT2D eigenvalue weighted by Gasteiger charge is -2.22. The standard InChI is InChI=1S/C23H30N2O3/c1-27-22-14-19(16-24-15-18-8-4-2-5-9-18)12-13-21(22)28-17-23(26)25-20-10-6-3-7-11-20/h2,4-5,8-9,12-14,20,24H,3,6-7,10-11,15-17H2,1H3,(H,25,26). The fourth-order valence-corrected chi connectivity index (χ4v) is 3.55. The van der Waals surface area contributed by atoms with Crippen LogP contribution in [-0.2, 0) is 17.9 Å². The van der Waals surface area contributed by atoms with E-state index in [1.165, 1.54) is 24.8 Å². The highest BCUT2D eigenvalue weighted by atomic mass is 16.5. The highest BCUT2D eigenvalue weighted by Crippen LogP contribution is 2.28. The van der Waals surface area contributed by atoms with Crippen molar-refractivity contribution in [1.82, 2.24) is 10.6 Å². The number of hydrogen-bond donors (Lipinski definition) is 2. The molecule has 1 aliphatic carbocycles. The summed E-state index contributed by atoms with van der Waals surface area (Å²) in [6, 6.07) is 16.4. The summed E-state index contributed by atoms with van der Waals surface area (Å²) in [5.74, 6) is 1.17. The van der Waals surface area contributed by atoms with E-state index in [0.29, 0.717) is 17.5 Å². The van der Waals surface area contributed by atoms with Crippen molar-refractivity contribution in [3.05, 3.63) is 59.7 Å². The molecule has 0 spiro atoms. The Kier molecular flexibility index (Phi) is 7.73. The first-order valence-corrected chi connectivity index (χ1v) is 10.1. The number of benzene rings is 2. The molecule has 2 aromatic rings. The molecule has 0 aliphatic heterocycles. The molecule has 0 unspecified atom stereocenters. The van der Waals surface area contributed by atoms with Crippen LogP contribution in [0.3, 0.4) is 0 Å². The van der Waals surface area contributed by atoms with Crippen LogP contribution in [-0.4, -0.2) is 25.7 Å². The summed E-state index contributed by atoms with van der Waals surface area (Å²) < 4.78 is 11.2. The zero-order valence-corrected chi connectivity index (χ0v) is 16.6. The van der Waals surface area contributed by atoms with Crippen LogP contribution in [0.5, 0.6) is 11.5 Å². The van der Waals surface area contributed by atoms with E-state index in [1.807, 2.05) is 36.4 Å². The summed E-state index contributed by atoms with van der Waals surface area (Å²) in [6.45, 7) is 1.55. The molecule has 0 heterocycles. The lowest BCUT2D eigenvalue weighted by atomic mass is 9.95. The van der Waals surface area contributed by atoms with Crippen molar-refractivity contribution in [2.45, 2.75) is 51.2 Å². The van der Waals surface area contributed by atoms with Gasteiger partial charge in [-0.05, 0) is 36.1 Å². The predicted octanol–water partition coefficient (Wildman–Crippen LogP) is 3.81. The maximum Gasteiger partial charge on any atom is 0.258 e. The minimum atomic E-state index is -0.0671. The Hall–Kier alpha value is -2.53. The number of methoxy groups -OCH3 is 1. The van der Waals surface area contributed by atoms with Crippen LogP contribution in [0, 0.1) is 0 Å². The van der Waals surface area contributed by atoms with Crippen LogP contribution in [0.15, 0.2) is 48.5 Å². The van der Waals surface area contributed by atoms with E-state index >= 15 is 0 Å². The first kappa shape index (κ1) is 20.2. The van der Waals surface area contributed by atoms with E-state index in [-0.39, 0.29) is 12.5 Å². The van der Waals surface area contributed by atoms with Gasteiger partial charge in [0.15, 0.2) is 18.1 Å². The van der Waals surface area contributed by atoms with E-state index in [2.05, 4.69) is 22.8 Å². The minimum Gasteiger partial charge on any atom is -0.493 e. The number of ether oxygens (including phenoxy) is 2. The summed E-state index contributed by atoms with van der Waals surface area (Å²) in [6.07, 6.45) is 5.80. The number of carbonyl (C=O) groups is 1. The van der Waals surface area contributed by atoms with Crippen LogP contribution in [0.2, 0.25) is 0 Å². The molecule has 1 fully saturated rings. The molecular formula is C23H30N2O3. The van der Waals surface area contributed by atoms with Crippen LogP contribution >= 0.6 is 0 Å². The largest absolute Gasteiger partial charge is 0.493 e. The van der Waals surface area contributed by atoms with Gasteiger partial charge in [-0.25, -0.2) is 0 Å². The molecule has 0 saturated heterocycles. The molecule has 3 rings (SSSR count). The smallest absolute Gasteiger partial charge is 0.258 e. The van der Waals surface area contributed by atoms with E-state index in [9.17, 15) is 4.79 Å². The highest BCUT2D eigenvalue weighted by molar-refractivity contribution is 5.78. The van der Waals surface area contributed by atoms with Gasteiger partial charge in [-0.15, -0.1) is 0 Å². The Morgan fingerprint density at radius 2 is 1.71 bits per heavy atom. The fraction of sp³-hybridized carbons (Fsp3) is 0.435. The number of nitrogens with one attached hydrogen (secondary N) is 2. The third-order valence-corrected chi connectivity index (χ3v) is 5.06. The SMILES string of the molecule is COc1cc(CNCc2ccccc2)ccc1OCC(=O)NC1CCCCC1. The average molecular weight is 383 g/mol. The van der Waals surface area contributed by atoms with Crippen molar-refractivity contribution >= 4 is 5.91 Å².